The molecular formula is C23H36O6Si2. The van der Waals surface area contributed by atoms with E-state index in [9.17, 15) is 0 Å². The molecule has 0 aromatic rings. The molecule has 5 bridgehead atoms. The van der Waals surface area contributed by atoms with Crippen LogP contribution >= 0.6 is 0 Å². The van der Waals surface area contributed by atoms with Gasteiger partial charge in [-0.25, -0.2) is 0 Å². The Bertz CT molecular complexity index is 912. The van der Waals surface area contributed by atoms with Gasteiger partial charge in [0.2, 0.25) is 0 Å². The van der Waals surface area contributed by atoms with Gasteiger partial charge in [-0.15, -0.1) is 0 Å². The third-order valence-corrected chi connectivity index (χ3v) is 17.3. The quantitative estimate of drug-likeness (QED) is 0.527. The average molecular weight is 465 g/mol. The topological polar surface area (TPSA) is 55.4 Å². The molecule has 0 aromatic carbocycles. The Balaban J connectivity index is 1.18. The van der Waals surface area contributed by atoms with Crippen molar-refractivity contribution < 1.29 is 26.6 Å². The van der Waals surface area contributed by atoms with Gasteiger partial charge in [0.25, 0.3) is 0 Å². The van der Waals surface area contributed by atoms with E-state index in [0.29, 0.717) is 11.3 Å². The Morgan fingerprint density at radius 2 is 1.74 bits per heavy atom. The van der Waals surface area contributed by atoms with Crippen molar-refractivity contribution in [2.45, 2.75) is 126 Å². The van der Waals surface area contributed by atoms with E-state index >= 15 is 0 Å². The second-order valence-electron chi connectivity index (χ2n) is 12.8. The first-order chi connectivity index (χ1) is 14.6. The lowest BCUT2D eigenvalue weighted by molar-refractivity contribution is -0.409. The van der Waals surface area contributed by atoms with Crippen LogP contribution in [0.5, 0.6) is 0 Å². The Morgan fingerprint density at radius 3 is 2.52 bits per heavy atom. The van der Waals surface area contributed by atoms with Crippen LogP contribution in [0.15, 0.2) is 0 Å². The van der Waals surface area contributed by atoms with E-state index in [-0.39, 0.29) is 40.0 Å². The maximum absolute atomic E-state index is 7.25. The van der Waals surface area contributed by atoms with Gasteiger partial charge in [-0.2, -0.15) is 0 Å². The van der Waals surface area contributed by atoms with Crippen LogP contribution < -0.4 is 0 Å². The fourth-order valence-corrected chi connectivity index (χ4v) is 17.4. The molecule has 8 heteroatoms. The van der Waals surface area contributed by atoms with Gasteiger partial charge in [0.1, 0.15) is 22.4 Å². The van der Waals surface area contributed by atoms with Gasteiger partial charge in [0.15, 0.2) is 0 Å². The highest BCUT2D eigenvalue weighted by atomic mass is 28.4. The highest BCUT2D eigenvalue weighted by molar-refractivity contribution is 6.64. The van der Waals surface area contributed by atoms with Gasteiger partial charge in [-0.1, -0.05) is 40.5 Å². The van der Waals surface area contributed by atoms with Gasteiger partial charge < -0.3 is 26.6 Å². The van der Waals surface area contributed by atoms with Crippen LogP contribution in [-0.4, -0.2) is 52.2 Å². The minimum absolute atomic E-state index is 0.162. The molecule has 4 spiro atoms. The molecule has 0 aromatic heterocycles. The summed E-state index contributed by atoms with van der Waals surface area (Å²) in [5, 5.41) is 0. The van der Waals surface area contributed by atoms with Crippen LogP contribution in [0.25, 0.3) is 0 Å². The van der Waals surface area contributed by atoms with Crippen LogP contribution in [0.2, 0.25) is 12.1 Å². The normalized spacial score (nSPS) is 65.1. The minimum Gasteiger partial charge on any atom is -0.367 e. The van der Waals surface area contributed by atoms with Crippen LogP contribution in [0.1, 0.15) is 79.6 Å². The molecule has 4 heterocycles. The zero-order valence-electron chi connectivity index (χ0n) is 19.5. The molecule has 9 aliphatic rings. The summed E-state index contributed by atoms with van der Waals surface area (Å²) < 4.78 is 41.5. The second-order valence-corrected chi connectivity index (χ2v) is 17.9. The number of fused-ring (bicyclic) bond motifs is 2. The van der Waals surface area contributed by atoms with Gasteiger partial charge in [-0.05, 0) is 44.4 Å². The first kappa shape index (κ1) is 19.5. The molecular weight excluding hydrogens is 428 g/mol. The predicted octanol–water partition coefficient (Wildman–Crippen LogP) is 4.18. The van der Waals surface area contributed by atoms with Crippen molar-refractivity contribution in [1.82, 2.24) is 0 Å². The van der Waals surface area contributed by atoms with Crippen LogP contribution in [-0.2, 0) is 26.6 Å². The van der Waals surface area contributed by atoms with Crippen molar-refractivity contribution in [2.75, 3.05) is 0 Å². The molecule has 5 saturated carbocycles. The van der Waals surface area contributed by atoms with Gasteiger partial charge in [0, 0.05) is 23.4 Å². The van der Waals surface area contributed by atoms with Crippen molar-refractivity contribution in [3.8, 4) is 0 Å². The smallest absolute Gasteiger partial charge is 0.367 e. The highest BCUT2D eigenvalue weighted by Crippen LogP contribution is 2.96. The monoisotopic (exact) mass is 464 g/mol. The Morgan fingerprint density at radius 1 is 0.968 bits per heavy atom. The summed E-state index contributed by atoms with van der Waals surface area (Å²) in [6.07, 6.45) is 8.16. The van der Waals surface area contributed by atoms with Gasteiger partial charge in [0.05, 0.1) is 12.2 Å². The molecule has 9 fully saturated rings. The fourth-order valence-electron chi connectivity index (χ4n) is 9.96. The highest BCUT2D eigenvalue weighted by Gasteiger charge is 3.11. The van der Waals surface area contributed by atoms with E-state index in [1.807, 2.05) is 0 Å². The lowest BCUT2D eigenvalue weighted by Gasteiger charge is -2.80. The standard InChI is InChI=1S/C23H36O6Si2/c1-6-10-30-24-16-12-15-20-13-17-21(14-20)23(20,22(15,28-30)19(16,5)26-30)29-31(25-17,27-21)11-8-9-18(3,4)7-2/h15-17H,6-14H2,1-5H3. The number of hydrogen-bond acceptors (Lipinski definition) is 6. The molecule has 31 heavy (non-hydrogen) atoms. The maximum Gasteiger partial charge on any atom is 0.502 e. The van der Waals surface area contributed by atoms with E-state index in [0.717, 1.165) is 44.2 Å². The average Bonchev–Trinajstić information content (AvgIpc) is 3.42. The van der Waals surface area contributed by atoms with Crippen LogP contribution in [0, 0.1) is 16.7 Å². The van der Waals surface area contributed by atoms with Crippen molar-refractivity contribution in [2.24, 2.45) is 16.7 Å². The lowest BCUT2D eigenvalue weighted by Crippen LogP contribution is -2.95. The zero-order chi connectivity index (χ0) is 21.3. The van der Waals surface area contributed by atoms with E-state index in [4.69, 9.17) is 26.6 Å². The summed E-state index contributed by atoms with van der Waals surface area (Å²) in [7, 11) is -5.30. The molecule has 6 nitrogen and oxygen atoms in total. The molecule has 10 atom stereocenters. The van der Waals surface area contributed by atoms with E-state index in [1.54, 1.807) is 0 Å². The van der Waals surface area contributed by atoms with Crippen molar-refractivity contribution in [3.05, 3.63) is 0 Å². The third kappa shape index (κ3) is 1.56. The summed E-state index contributed by atoms with van der Waals surface area (Å²) >= 11 is 0. The number of hydrogen-bond donors (Lipinski definition) is 0. The minimum atomic E-state index is -2.68. The Hall–Kier alpha value is 0.194. The Labute approximate surface area is 187 Å². The molecule has 4 saturated heterocycles. The summed E-state index contributed by atoms with van der Waals surface area (Å²) in [6, 6.07) is 1.86. The summed E-state index contributed by atoms with van der Waals surface area (Å²) in [5.41, 5.74) is -0.817. The van der Waals surface area contributed by atoms with Gasteiger partial charge >= 0.3 is 17.6 Å². The second kappa shape index (κ2) is 4.94. The lowest BCUT2D eigenvalue weighted by atomic mass is 9.30. The van der Waals surface area contributed by atoms with E-state index in [2.05, 4.69) is 34.6 Å². The first-order valence-electron chi connectivity index (χ1n) is 12.8. The van der Waals surface area contributed by atoms with Crippen molar-refractivity contribution >= 4 is 17.6 Å². The van der Waals surface area contributed by atoms with Crippen molar-refractivity contribution in [1.29, 1.82) is 0 Å². The summed E-state index contributed by atoms with van der Waals surface area (Å²) in [5.74, 6) is 0.469. The number of rotatable bonds is 7. The maximum atomic E-state index is 7.25. The molecule has 9 rings (SSSR count). The molecule has 10 unspecified atom stereocenters. The summed E-state index contributed by atoms with van der Waals surface area (Å²) in [4.78, 5) is 0. The van der Waals surface area contributed by atoms with Crippen LogP contribution in [0.4, 0.5) is 0 Å². The first-order valence-corrected chi connectivity index (χ1v) is 16.6. The molecule has 5 aliphatic carbocycles. The molecule has 4 aliphatic heterocycles. The van der Waals surface area contributed by atoms with Gasteiger partial charge in [-0.3, -0.25) is 0 Å². The molecule has 0 amide bonds. The van der Waals surface area contributed by atoms with Crippen LogP contribution in [0.3, 0.4) is 0 Å². The SMILES string of the molecule is CCC[Si]12OC3CC4C56CC7O[Si]8(CCCC(C)(C)CC)OC7(C5)C6(O8)C4(O1)C3(C)O2. The summed E-state index contributed by atoms with van der Waals surface area (Å²) in [6.45, 7) is 11.5. The van der Waals surface area contributed by atoms with E-state index < -0.39 is 17.6 Å². The van der Waals surface area contributed by atoms with E-state index in [1.165, 1.54) is 12.8 Å². The molecule has 0 N–H and O–H groups in total. The molecule has 172 valence electrons. The molecule has 0 radical (unpaired) electrons. The Kier molecular flexibility index (Phi) is 3.10. The fraction of sp³-hybridized carbons (Fsp3) is 1.00. The zero-order valence-corrected chi connectivity index (χ0v) is 21.5. The van der Waals surface area contributed by atoms with Crippen molar-refractivity contribution in [3.63, 3.8) is 0 Å². The third-order valence-electron chi connectivity index (χ3n) is 11.3. The predicted molar refractivity (Wildman–Crippen MR) is 115 cm³/mol. The largest absolute Gasteiger partial charge is 0.502 e.